The third-order valence-electron chi connectivity index (χ3n) is 2.16. The Hall–Kier alpha value is -0.740. The number of benzene rings is 1. The van der Waals surface area contributed by atoms with Crippen LogP contribution >= 0.6 is 0 Å². The van der Waals surface area contributed by atoms with E-state index in [9.17, 15) is 8.60 Å². The van der Waals surface area contributed by atoms with Gasteiger partial charge in [-0.2, -0.15) is 0 Å². The lowest BCUT2D eigenvalue weighted by atomic mass is 10.1. The Morgan fingerprint density at radius 1 is 1.47 bits per heavy atom. The van der Waals surface area contributed by atoms with E-state index in [-0.39, 0.29) is 17.6 Å². The van der Waals surface area contributed by atoms with Gasteiger partial charge in [0.15, 0.2) is 0 Å². The average Bonchev–Trinajstić information content (AvgIpc) is 2.20. The summed E-state index contributed by atoms with van der Waals surface area (Å²) in [5.74, 6) is 0.168. The van der Waals surface area contributed by atoms with Crippen LogP contribution in [0.2, 0.25) is 0 Å². The summed E-state index contributed by atoms with van der Waals surface area (Å²) in [6.45, 7) is 3.99. The first kappa shape index (κ1) is 12.3. The smallest absolute Gasteiger partial charge is 0.127 e. The molecule has 0 amide bonds. The molecule has 0 aliphatic carbocycles. The van der Waals surface area contributed by atoms with Gasteiger partial charge in [0.05, 0.1) is 0 Å². The molecule has 0 fully saturated rings. The van der Waals surface area contributed by atoms with E-state index < -0.39 is 10.8 Å². The van der Waals surface area contributed by atoms with Gasteiger partial charge in [-0.25, -0.2) is 4.39 Å². The quantitative estimate of drug-likeness (QED) is 0.857. The minimum Gasteiger partial charge on any atom is -0.326 e. The molecule has 0 heterocycles. The van der Waals surface area contributed by atoms with Crippen LogP contribution in [0.3, 0.4) is 0 Å². The van der Waals surface area contributed by atoms with E-state index in [4.69, 9.17) is 5.73 Å². The van der Waals surface area contributed by atoms with E-state index in [0.717, 1.165) is 5.56 Å². The first-order chi connectivity index (χ1) is 7.04. The van der Waals surface area contributed by atoms with Crippen LogP contribution in [0.1, 0.15) is 25.0 Å². The first-order valence-corrected chi connectivity index (χ1v) is 6.27. The maximum Gasteiger partial charge on any atom is 0.127 e. The van der Waals surface area contributed by atoms with E-state index in [1.54, 1.807) is 12.1 Å². The monoisotopic (exact) mass is 229 g/mol. The second-order valence-corrected chi connectivity index (χ2v) is 5.70. The van der Waals surface area contributed by atoms with Crippen molar-refractivity contribution >= 4 is 10.8 Å². The molecule has 1 aromatic rings. The van der Waals surface area contributed by atoms with Gasteiger partial charge in [0.1, 0.15) is 5.82 Å². The van der Waals surface area contributed by atoms with E-state index in [0.29, 0.717) is 11.3 Å². The highest BCUT2D eigenvalue weighted by molar-refractivity contribution is 7.84. The fourth-order valence-corrected chi connectivity index (χ4v) is 2.05. The zero-order valence-corrected chi connectivity index (χ0v) is 9.81. The van der Waals surface area contributed by atoms with E-state index >= 15 is 0 Å². The number of hydrogen-bond donors (Lipinski definition) is 1. The fourth-order valence-electron chi connectivity index (χ4n) is 1.21. The van der Waals surface area contributed by atoms with Crippen molar-refractivity contribution in [1.82, 2.24) is 0 Å². The highest BCUT2D eigenvalue weighted by atomic mass is 32.2. The Morgan fingerprint density at radius 3 is 2.67 bits per heavy atom. The van der Waals surface area contributed by atoms with Crippen molar-refractivity contribution in [2.24, 2.45) is 5.73 Å². The summed E-state index contributed by atoms with van der Waals surface area (Å²) in [5, 5.41) is 0.122. The Morgan fingerprint density at radius 2 is 2.13 bits per heavy atom. The molecule has 0 aliphatic heterocycles. The summed E-state index contributed by atoms with van der Waals surface area (Å²) in [6.07, 6.45) is 0. The van der Waals surface area contributed by atoms with Gasteiger partial charge in [0.2, 0.25) is 0 Å². The predicted molar refractivity (Wildman–Crippen MR) is 61.3 cm³/mol. The summed E-state index contributed by atoms with van der Waals surface area (Å²) in [5.41, 5.74) is 6.75. The van der Waals surface area contributed by atoms with Crippen LogP contribution < -0.4 is 5.73 Å². The Bertz CT molecular complexity index is 366. The van der Waals surface area contributed by atoms with Crippen LogP contribution in [0.4, 0.5) is 4.39 Å². The minimum absolute atomic E-state index is 0.122. The normalized spacial score (nSPS) is 13.1. The molecule has 1 atom stereocenters. The number of rotatable bonds is 4. The van der Waals surface area contributed by atoms with Crippen molar-refractivity contribution in [2.75, 3.05) is 0 Å². The van der Waals surface area contributed by atoms with Crippen molar-refractivity contribution in [3.8, 4) is 0 Å². The molecule has 15 heavy (non-hydrogen) atoms. The molecule has 2 nitrogen and oxygen atoms in total. The molecule has 4 heteroatoms. The lowest BCUT2D eigenvalue weighted by molar-refractivity contribution is 0.610. The SMILES string of the molecule is CC(C)S(=O)Cc1ccc(F)c(CN)c1. The molecule has 84 valence electrons. The molecule has 0 saturated carbocycles. The molecule has 0 saturated heterocycles. The fraction of sp³-hybridized carbons (Fsp3) is 0.455. The van der Waals surface area contributed by atoms with Crippen molar-refractivity contribution < 1.29 is 8.60 Å². The van der Waals surface area contributed by atoms with Gasteiger partial charge in [-0.1, -0.05) is 26.0 Å². The van der Waals surface area contributed by atoms with E-state index in [1.165, 1.54) is 6.07 Å². The van der Waals surface area contributed by atoms with Gasteiger partial charge in [-0.15, -0.1) is 0 Å². The van der Waals surface area contributed by atoms with Crippen molar-refractivity contribution in [2.45, 2.75) is 31.4 Å². The first-order valence-electron chi connectivity index (χ1n) is 4.89. The van der Waals surface area contributed by atoms with E-state index in [2.05, 4.69) is 0 Å². The average molecular weight is 229 g/mol. The minimum atomic E-state index is -0.903. The topological polar surface area (TPSA) is 43.1 Å². The lowest BCUT2D eigenvalue weighted by Gasteiger charge is -2.07. The maximum absolute atomic E-state index is 13.1. The maximum atomic E-state index is 13.1. The van der Waals surface area contributed by atoms with Crippen LogP contribution in [0.5, 0.6) is 0 Å². The molecular weight excluding hydrogens is 213 g/mol. The zero-order valence-electron chi connectivity index (χ0n) is 9.00. The van der Waals surface area contributed by atoms with Crippen LogP contribution in [0.25, 0.3) is 0 Å². The summed E-state index contributed by atoms with van der Waals surface area (Å²) in [4.78, 5) is 0. The van der Waals surface area contributed by atoms with Crippen molar-refractivity contribution in [3.63, 3.8) is 0 Å². The van der Waals surface area contributed by atoms with Crippen LogP contribution in [0, 0.1) is 5.82 Å². The molecule has 0 bridgehead atoms. The second kappa shape index (κ2) is 5.37. The van der Waals surface area contributed by atoms with Gasteiger partial charge in [0.25, 0.3) is 0 Å². The summed E-state index contributed by atoms with van der Waals surface area (Å²) >= 11 is 0. The predicted octanol–water partition coefficient (Wildman–Crippen LogP) is 1.94. The molecule has 0 radical (unpaired) electrons. The molecule has 0 aromatic heterocycles. The Labute approximate surface area is 92.1 Å². The summed E-state index contributed by atoms with van der Waals surface area (Å²) < 4.78 is 24.7. The number of halogens is 1. The summed E-state index contributed by atoms with van der Waals surface area (Å²) in [7, 11) is -0.903. The largest absolute Gasteiger partial charge is 0.326 e. The highest BCUT2D eigenvalue weighted by Crippen LogP contribution is 2.13. The van der Waals surface area contributed by atoms with Crippen LogP contribution in [-0.4, -0.2) is 9.46 Å². The molecule has 2 N–H and O–H groups in total. The van der Waals surface area contributed by atoms with Gasteiger partial charge in [0, 0.05) is 33.9 Å². The molecule has 1 unspecified atom stereocenters. The van der Waals surface area contributed by atoms with Crippen LogP contribution in [-0.2, 0) is 23.1 Å². The molecule has 0 spiro atoms. The van der Waals surface area contributed by atoms with Crippen LogP contribution in [0.15, 0.2) is 18.2 Å². The standard InChI is InChI=1S/C11H16FNOS/c1-8(2)15(14)7-9-3-4-11(12)10(5-9)6-13/h3-5,8H,6-7,13H2,1-2H3. The number of nitrogens with two attached hydrogens (primary N) is 1. The molecule has 1 aromatic carbocycles. The Kier molecular flexibility index (Phi) is 4.42. The van der Waals surface area contributed by atoms with Gasteiger partial charge in [-0.05, 0) is 11.6 Å². The third kappa shape index (κ3) is 3.39. The summed E-state index contributed by atoms with van der Waals surface area (Å²) in [6, 6.07) is 4.74. The van der Waals surface area contributed by atoms with Gasteiger partial charge in [-0.3, -0.25) is 4.21 Å². The molecule has 1 rings (SSSR count). The second-order valence-electron chi connectivity index (χ2n) is 3.70. The van der Waals surface area contributed by atoms with Crippen molar-refractivity contribution in [3.05, 3.63) is 35.1 Å². The molecule has 0 aliphatic rings. The lowest BCUT2D eigenvalue weighted by Crippen LogP contribution is -2.09. The third-order valence-corrected chi connectivity index (χ3v) is 3.83. The van der Waals surface area contributed by atoms with E-state index in [1.807, 2.05) is 13.8 Å². The van der Waals surface area contributed by atoms with Gasteiger partial charge < -0.3 is 5.73 Å². The Balaban J connectivity index is 2.83. The molecular formula is C11H16FNOS. The highest BCUT2D eigenvalue weighted by Gasteiger charge is 2.08. The van der Waals surface area contributed by atoms with Crippen molar-refractivity contribution in [1.29, 1.82) is 0 Å². The van der Waals surface area contributed by atoms with Gasteiger partial charge >= 0.3 is 0 Å². The zero-order chi connectivity index (χ0) is 11.4. The number of hydrogen-bond acceptors (Lipinski definition) is 2.